The molecular weight excluding hydrogens is 332 g/mol. The molecule has 21 heavy (non-hydrogen) atoms. The summed E-state index contributed by atoms with van der Waals surface area (Å²) in [7, 11) is 0. The molecule has 0 amide bonds. The number of aromatic carboxylic acids is 1. The zero-order valence-electron chi connectivity index (χ0n) is 10.9. The summed E-state index contributed by atoms with van der Waals surface area (Å²) in [5.74, 6) is -1.01. The van der Waals surface area contributed by atoms with Crippen LogP contribution in [0.4, 0.5) is 11.4 Å². The van der Waals surface area contributed by atoms with Crippen LogP contribution in [0.25, 0.3) is 10.8 Å². The number of nitrogens with zero attached hydrogens (tertiary/aromatic N) is 1. The van der Waals surface area contributed by atoms with Gasteiger partial charge in [-0.1, -0.05) is 40.2 Å². The number of benzene rings is 2. The average Bonchev–Trinajstić information content (AvgIpc) is 2.51. The van der Waals surface area contributed by atoms with E-state index in [4.69, 9.17) is 0 Å². The van der Waals surface area contributed by atoms with Crippen LogP contribution in [0.2, 0.25) is 0 Å². The largest absolute Gasteiger partial charge is 0.478 e. The van der Waals surface area contributed by atoms with Gasteiger partial charge in [0.25, 0.3) is 0 Å². The minimum absolute atomic E-state index is 0.143. The Morgan fingerprint density at radius 1 is 1.05 bits per heavy atom. The van der Waals surface area contributed by atoms with Crippen molar-refractivity contribution in [2.45, 2.75) is 0 Å². The second-order valence-corrected chi connectivity index (χ2v) is 5.35. The number of halogens is 1. The molecule has 0 saturated heterocycles. The minimum Gasteiger partial charge on any atom is -0.478 e. The number of hydrogen-bond donors (Lipinski definition) is 2. The molecule has 0 bridgehead atoms. The zero-order chi connectivity index (χ0) is 14.8. The van der Waals surface area contributed by atoms with Crippen LogP contribution in [0.1, 0.15) is 10.4 Å². The Morgan fingerprint density at radius 3 is 2.57 bits per heavy atom. The zero-order valence-corrected chi connectivity index (χ0v) is 12.5. The quantitative estimate of drug-likeness (QED) is 0.738. The van der Waals surface area contributed by atoms with E-state index in [0.717, 1.165) is 20.9 Å². The van der Waals surface area contributed by atoms with Crippen LogP contribution in [0.15, 0.2) is 59.3 Å². The number of anilines is 2. The molecule has 0 fully saturated rings. The van der Waals surface area contributed by atoms with Crippen molar-refractivity contribution in [1.82, 2.24) is 4.98 Å². The second-order valence-electron chi connectivity index (χ2n) is 4.49. The summed E-state index contributed by atoms with van der Waals surface area (Å²) in [5.41, 5.74) is 1.51. The summed E-state index contributed by atoms with van der Waals surface area (Å²) in [6.45, 7) is 0. The maximum absolute atomic E-state index is 11.2. The van der Waals surface area contributed by atoms with Crippen LogP contribution in [0, 0.1) is 0 Å². The fraction of sp³-hybridized carbons (Fsp3) is 0. The number of carboxylic acid groups (broad SMARTS) is 1. The van der Waals surface area contributed by atoms with E-state index in [1.165, 1.54) is 6.20 Å². The van der Waals surface area contributed by atoms with E-state index < -0.39 is 5.97 Å². The molecule has 5 heteroatoms. The van der Waals surface area contributed by atoms with E-state index in [2.05, 4.69) is 26.2 Å². The monoisotopic (exact) mass is 342 g/mol. The highest BCUT2D eigenvalue weighted by Gasteiger charge is 2.11. The van der Waals surface area contributed by atoms with Gasteiger partial charge in [0.15, 0.2) is 0 Å². The van der Waals surface area contributed by atoms with Crippen molar-refractivity contribution in [2.75, 3.05) is 5.32 Å². The number of nitrogens with one attached hydrogen (secondary N) is 1. The average molecular weight is 343 g/mol. The number of fused-ring (bicyclic) bond motifs is 1. The van der Waals surface area contributed by atoms with Crippen molar-refractivity contribution in [3.05, 3.63) is 64.9 Å². The molecule has 0 aliphatic heterocycles. The van der Waals surface area contributed by atoms with Crippen molar-refractivity contribution in [3.63, 3.8) is 0 Å². The van der Waals surface area contributed by atoms with Gasteiger partial charge in [-0.05, 0) is 23.6 Å². The standard InChI is InChI=1S/C16H11BrN2O2/c17-13-5-6-14(11-4-2-1-3-10(11)13)19-15-7-8-18-9-12(15)16(20)21/h1-9H,(H,18,19)(H,20,21). The fourth-order valence-electron chi connectivity index (χ4n) is 2.19. The van der Waals surface area contributed by atoms with Gasteiger partial charge in [-0.3, -0.25) is 4.98 Å². The molecule has 1 aromatic heterocycles. The summed E-state index contributed by atoms with van der Waals surface area (Å²) < 4.78 is 0.997. The first kappa shape index (κ1) is 13.6. The Labute approximate surface area is 129 Å². The van der Waals surface area contributed by atoms with Gasteiger partial charge in [-0.2, -0.15) is 0 Å². The SMILES string of the molecule is O=C(O)c1cnccc1Nc1ccc(Br)c2ccccc12. The molecule has 1 heterocycles. The summed E-state index contributed by atoms with van der Waals surface area (Å²) in [5, 5.41) is 14.5. The van der Waals surface area contributed by atoms with Crippen LogP contribution in [-0.4, -0.2) is 16.1 Å². The highest BCUT2D eigenvalue weighted by Crippen LogP contribution is 2.32. The molecular formula is C16H11BrN2O2. The molecule has 2 aromatic carbocycles. The van der Waals surface area contributed by atoms with Crippen molar-refractivity contribution >= 4 is 44.0 Å². The molecule has 0 saturated carbocycles. The smallest absolute Gasteiger partial charge is 0.339 e. The van der Waals surface area contributed by atoms with Crippen molar-refractivity contribution in [3.8, 4) is 0 Å². The first-order valence-electron chi connectivity index (χ1n) is 6.28. The molecule has 2 N–H and O–H groups in total. The Kier molecular flexibility index (Phi) is 3.58. The molecule has 0 unspecified atom stereocenters. The topological polar surface area (TPSA) is 62.2 Å². The molecule has 0 radical (unpaired) electrons. The molecule has 4 nitrogen and oxygen atoms in total. The number of carbonyl (C=O) groups is 1. The normalized spacial score (nSPS) is 10.5. The summed E-state index contributed by atoms with van der Waals surface area (Å²) >= 11 is 3.52. The number of rotatable bonds is 3. The lowest BCUT2D eigenvalue weighted by molar-refractivity contribution is 0.0697. The lowest BCUT2D eigenvalue weighted by Gasteiger charge is -2.12. The Balaban J connectivity index is 2.11. The molecule has 0 aliphatic rings. The number of hydrogen-bond acceptors (Lipinski definition) is 3. The lowest BCUT2D eigenvalue weighted by atomic mass is 10.1. The highest BCUT2D eigenvalue weighted by molar-refractivity contribution is 9.10. The third-order valence-electron chi connectivity index (χ3n) is 3.19. The Bertz CT molecular complexity index is 833. The second kappa shape index (κ2) is 5.54. The summed E-state index contributed by atoms with van der Waals surface area (Å²) in [6.07, 6.45) is 2.90. The predicted octanol–water partition coefficient (Wildman–Crippen LogP) is 4.44. The van der Waals surface area contributed by atoms with Gasteiger partial charge >= 0.3 is 5.97 Å². The van der Waals surface area contributed by atoms with E-state index in [0.29, 0.717) is 5.69 Å². The van der Waals surface area contributed by atoms with Gasteiger partial charge < -0.3 is 10.4 Å². The number of pyridine rings is 1. The van der Waals surface area contributed by atoms with Gasteiger partial charge in [-0.15, -0.1) is 0 Å². The molecule has 0 spiro atoms. The van der Waals surface area contributed by atoms with Gasteiger partial charge in [-0.25, -0.2) is 4.79 Å². The van der Waals surface area contributed by atoms with Crippen LogP contribution >= 0.6 is 15.9 Å². The first-order chi connectivity index (χ1) is 10.2. The van der Waals surface area contributed by atoms with E-state index in [1.807, 2.05) is 36.4 Å². The van der Waals surface area contributed by atoms with Gasteiger partial charge in [0.1, 0.15) is 5.56 Å². The van der Waals surface area contributed by atoms with Crippen molar-refractivity contribution < 1.29 is 9.90 Å². The molecule has 3 rings (SSSR count). The number of carboxylic acids is 1. The summed E-state index contributed by atoms with van der Waals surface area (Å²) in [4.78, 5) is 15.1. The molecule has 0 aliphatic carbocycles. The van der Waals surface area contributed by atoms with Crippen LogP contribution in [0.3, 0.4) is 0 Å². The van der Waals surface area contributed by atoms with Crippen molar-refractivity contribution in [2.24, 2.45) is 0 Å². The highest BCUT2D eigenvalue weighted by atomic mass is 79.9. The summed E-state index contributed by atoms with van der Waals surface area (Å²) in [6, 6.07) is 13.4. The van der Waals surface area contributed by atoms with Gasteiger partial charge in [0, 0.05) is 27.9 Å². The number of aromatic nitrogens is 1. The first-order valence-corrected chi connectivity index (χ1v) is 7.07. The van der Waals surface area contributed by atoms with Crippen LogP contribution in [0.5, 0.6) is 0 Å². The molecule has 104 valence electrons. The van der Waals surface area contributed by atoms with E-state index in [-0.39, 0.29) is 5.56 Å². The third-order valence-corrected chi connectivity index (χ3v) is 3.88. The van der Waals surface area contributed by atoms with Gasteiger partial charge in [0.05, 0.1) is 5.69 Å². The van der Waals surface area contributed by atoms with E-state index in [1.54, 1.807) is 12.3 Å². The molecule has 3 aromatic rings. The fourth-order valence-corrected chi connectivity index (χ4v) is 2.67. The van der Waals surface area contributed by atoms with Crippen molar-refractivity contribution in [1.29, 1.82) is 0 Å². The predicted molar refractivity (Wildman–Crippen MR) is 86.1 cm³/mol. The maximum Gasteiger partial charge on any atom is 0.339 e. The van der Waals surface area contributed by atoms with Crippen LogP contribution in [-0.2, 0) is 0 Å². The Hall–Kier alpha value is -2.40. The minimum atomic E-state index is -1.01. The third kappa shape index (κ3) is 2.60. The maximum atomic E-state index is 11.2. The van der Waals surface area contributed by atoms with Crippen LogP contribution < -0.4 is 5.32 Å². The van der Waals surface area contributed by atoms with Gasteiger partial charge in [0.2, 0.25) is 0 Å². The lowest BCUT2D eigenvalue weighted by Crippen LogP contribution is -2.03. The Morgan fingerprint density at radius 2 is 1.81 bits per heavy atom. The van der Waals surface area contributed by atoms with E-state index >= 15 is 0 Å². The molecule has 0 atom stereocenters. The van der Waals surface area contributed by atoms with E-state index in [9.17, 15) is 9.90 Å².